The van der Waals surface area contributed by atoms with Gasteiger partial charge >= 0.3 is 0 Å². The van der Waals surface area contributed by atoms with Gasteiger partial charge in [0, 0.05) is 37.2 Å². The predicted octanol–water partition coefficient (Wildman–Crippen LogP) is 3.62. The Balaban J connectivity index is 1.55. The second kappa shape index (κ2) is 8.49. The Bertz CT molecular complexity index is 894. The van der Waals surface area contributed by atoms with E-state index in [0.29, 0.717) is 37.2 Å². The zero-order valence-corrected chi connectivity index (χ0v) is 15.7. The standard InChI is InChI=1S/C21H24N4O2/c1-3-25(4-2)21(27)15-9-11-16(12-10-15)22-20(26)14-13-19-23-17-7-5-6-8-18(17)24-19/h5-12H,3-4,13-14H2,1-2H3,(H,22,26)(H,23,24). The summed E-state index contributed by atoms with van der Waals surface area (Å²) < 4.78 is 0. The van der Waals surface area contributed by atoms with E-state index in [1.54, 1.807) is 29.2 Å². The molecule has 2 N–H and O–H groups in total. The van der Waals surface area contributed by atoms with Crippen LogP contribution in [0.2, 0.25) is 0 Å². The zero-order chi connectivity index (χ0) is 19.2. The Morgan fingerprint density at radius 3 is 2.41 bits per heavy atom. The molecule has 140 valence electrons. The average molecular weight is 364 g/mol. The van der Waals surface area contributed by atoms with Gasteiger partial charge in [-0.15, -0.1) is 0 Å². The summed E-state index contributed by atoms with van der Waals surface area (Å²) in [5.41, 5.74) is 3.18. The molecule has 1 heterocycles. The predicted molar refractivity (Wildman–Crippen MR) is 107 cm³/mol. The summed E-state index contributed by atoms with van der Waals surface area (Å²) in [6.07, 6.45) is 0.874. The average Bonchev–Trinajstić information content (AvgIpc) is 3.11. The number of fused-ring (bicyclic) bond motifs is 1. The molecule has 0 aliphatic carbocycles. The molecule has 0 saturated carbocycles. The first kappa shape index (κ1) is 18.6. The van der Waals surface area contributed by atoms with E-state index in [0.717, 1.165) is 16.9 Å². The Labute approximate surface area is 158 Å². The van der Waals surface area contributed by atoms with E-state index >= 15 is 0 Å². The molecule has 3 aromatic rings. The Morgan fingerprint density at radius 1 is 1.04 bits per heavy atom. The summed E-state index contributed by atoms with van der Waals surface area (Å²) in [4.78, 5) is 34.0. The van der Waals surface area contributed by atoms with Gasteiger partial charge in [-0.3, -0.25) is 9.59 Å². The van der Waals surface area contributed by atoms with Crippen LogP contribution in [0.5, 0.6) is 0 Å². The van der Waals surface area contributed by atoms with Gasteiger partial charge in [-0.05, 0) is 50.2 Å². The van der Waals surface area contributed by atoms with Gasteiger partial charge in [0.1, 0.15) is 5.82 Å². The molecule has 6 heteroatoms. The van der Waals surface area contributed by atoms with Crippen LogP contribution in [0.4, 0.5) is 5.69 Å². The van der Waals surface area contributed by atoms with Crippen molar-refractivity contribution in [1.82, 2.24) is 14.9 Å². The molecule has 0 spiro atoms. The highest BCUT2D eigenvalue weighted by molar-refractivity contribution is 5.95. The van der Waals surface area contributed by atoms with E-state index in [-0.39, 0.29) is 11.8 Å². The lowest BCUT2D eigenvalue weighted by molar-refractivity contribution is -0.116. The summed E-state index contributed by atoms with van der Waals surface area (Å²) in [6.45, 7) is 5.27. The van der Waals surface area contributed by atoms with Gasteiger partial charge in [0.05, 0.1) is 11.0 Å². The number of para-hydroxylation sites is 2. The van der Waals surface area contributed by atoms with Crippen molar-refractivity contribution in [3.63, 3.8) is 0 Å². The number of imidazole rings is 1. The van der Waals surface area contributed by atoms with Crippen LogP contribution < -0.4 is 5.32 Å². The molecule has 0 atom stereocenters. The van der Waals surface area contributed by atoms with E-state index in [1.807, 2.05) is 38.1 Å². The lowest BCUT2D eigenvalue weighted by atomic mass is 10.1. The lowest BCUT2D eigenvalue weighted by Gasteiger charge is -2.18. The molecule has 3 rings (SSSR count). The maximum absolute atomic E-state index is 12.3. The maximum Gasteiger partial charge on any atom is 0.253 e. The number of H-pyrrole nitrogens is 1. The topological polar surface area (TPSA) is 78.1 Å². The molecule has 0 bridgehead atoms. The van der Waals surface area contributed by atoms with E-state index in [1.165, 1.54) is 0 Å². The molecule has 2 aromatic carbocycles. The Hall–Kier alpha value is -3.15. The SMILES string of the molecule is CCN(CC)C(=O)c1ccc(NC(=O)CCc2nc3ccccc3[nH]2)cc1. The van der Waals surface area contributed by atoms with Crippen molar-refractivity contribution in [1.29, 1.82) is 0 Å². The molecule has 27 heavy (non-hydrogen) atoms. The molecule has 6 nitrogen and oxygen atoms in total. The minimum absolute atomic E-state index is 0.00256. The van der Waals surface area contributed by atoms with E-state index < -0.39 is 0 Å². The van der Waals surface area contributed by atoms with E-state index in [9.17, 15) is 9.59 Å². The first-order chi connectivity index (χ1) is 13.1. The number of amides is 2. The van der Waals surface area contributed by atoms with Crippen molar-refractivity contribution in [2.24, 2.45) is 0 Å². The molecule has 0 unspecified atom stereocenters. The first-order valence-corrected chi connectivity index (χ1v) is 9.23. The van der Waals surface area contributed by atoms with Crippen LogP contribution in [0, 0.1) is 0 Å². The summed E-state index contributed by atoms with van der Waals surface area (Å²) in [7, 11) is 0. The monoisotopic (exact) mass is 364 g/mol. The number of aryl methyl sites for hydroxylation is 1. The number of carbonyl (C=O) groups excluding carboxylic acids is 2. The smallest absolute Gasteiger partial charge is 0.253 e. The zero-order valence-electron chi connectivity index (χ0n) is 15.7. The number of rotatable bonds is 7. The molecule has 2 amide bonds. The summed E-state index contributed by atoms with van der Waals surface area (Å²) in [6, 6.07) is 14.8. The largest absolute Gasteiger partial charge is 0.342 e. The van der Waals surface area contributed by atoms with Gasteiger partial charge in [-0.2, -0.15) is 0 Å². The van der Waals surface area contributed by atoms with Gasteiger partial charge in [-0.25, -0.2) is 4.98 Å². The molecular formula is C21H24N4O2. The molecule has 0 aliphatic heterocycles. The molecule has 0 radical (unpaired) electrons. The summed E-state index contributed by atoms with van der Waals surface area (Å²) in [5, 5.41) is 2.86. The van der Waals surface area contributed by atoms with Gasteiger partial charge in [0.25, 0.3) is 5.91 Å². The number of hydrogen-bond acceptors (Lipinski definition) is 3. The maximum atomic E-state index is 12.3. The van der Waals surface area contributed by atoms with Crippen LogP contribution in [0.3, 0.4) is 0 Å². The Kier molecular flexibility index (Phi) is 5.86. The number of anilines is 1. The third-order valence-electron chi connectivity index (χ3n) is 4.49. The molecule has 0 aliphatic rings. The highest BCUT2D eigenvalue weighted by Crippen LogP contribution is 2.14. The number of carbonyl (C=O) groups is 2. The van der Waals surface area contributed by atoms with Crippen molar-refractivity contribution < 1.29 is 9.59 Å². The number of aromatic nitrogens is 2. The van der Waals surface area contributed by atoms with Gasteiger partial charge in [-0.1, -0.05) is 12.1 Å². The van der Waals surface area contributed by atoms with Crippen LogP contribution in [0.15, 0.2) is 48.5 Å². The van der Waals surface area contributed by atoms with Crippen molar-refractivity contribution in [2.75, 3.05) is 18.4 Å². The van der Waals surface area contributed by atoms with Crippen molar-refractivity contribution >= 4 is 28.5 Å². The van der Waals surface area contributed by atoms with Crippen LogP contribution in [0.25, 0.3) is 11.0 Å². The van der Waals surface area contributed by atoms with Crippen molar-refractivity contribution in [3.8, 4) is 0 Å². The van der Waals surface area contributed by atoms with Crippen LogP contribution >= 0.6 is 0 Å². The van der Waals surface area contributed by atoms with Gasteiger partial charge in [0.2, 0.25) is 5.91 Å². The quantitative estimate of drug-likeness (QED) is 0.672. The van der Waals surface area contributed by atoms with E-state index in [4.69, 9.17) is 0 Å². The van der Waals surface area contributed by atoms with Crippen molar-refractivity contribution in [2.45, 2.75) is 26.7 Å². The number of benzene rings is 2. The minimum atomic E-state index is -0.0849. The summed E-state index contributed by atoms with van der Waals surface area (Å²) in [5.74, 6) is 0.715. The normalized spacial score (nSPS) is 10.7. The van der Waals surface area contributed by atoms with Crippen LogP contribution in [-0.2, 0) is 11.2 Å². The highest BCUT2D eigenvalue weighted by atomic mass is 16.2. The molecule has 1 aromatic heterocycles. The highest BCUT2D eigenvalue weighted by Gasteiger charge is 2.12. The van der Waals surface area contributed by atoms with E-state index in [2.05, 4.69) is 15.3 Å². The second-order valence-corrected chi connectivity index (χ2v) is 6.30. The summed E-state index contributed by atoms with van der Waals surface area (Å²) >= 11 is 0. The van der Waals surface area contributed by atoms with Gasteiger partial charge < -0.3 is 15.2 Å². The molecule has 0 saturated heterocycles. The van der Waals surface area contributed by atoms with Crippen molar-refractivity contribution in [3.05, 3.63) is 59.9 Å². The number of nitrogens with zero attached hydrogens (tertiary/aromatic N) is 2. The van der Waals surface area contributed by atoms with Gasteiger partial charge in [0.15, 0.2) is 0 Å². The third-order valence-corrected chi connectivity index (χ3v) is 4.49. The Morgan fingerprint density at radius 2 is 1.74 bits per heavy atom. The number of aromatic amines is 1. The number of hydrogen-bond donors (Lipinski definition) is 2. The van der Waals surface area contributed by atoms with Crippen LogP contribution in [0.1, 0.15) is 36.5 Å². The fourth-order valence-corrected chi connectivity index (χ4v) is 2.97. The molecule has 0 fully saturated rings. The minimum Gasteiger partial charge on any atom is -0.342 e. The van der Waals surface area contributed by atoms with Crippen LogP contribution in [-0.4, -0.2) is 39.8 Å². The lowest BCUT2D eigenvalue weighted by Crippen LogP contribution is -2.30. The molecular weight excluding hydrogens is 340 g/mol. The fraction of sp³-hybridized carbons (Fsp3) is 0.286. The second-order valence-electron chi connectivity index (χ2n) is 6.30. The third kappa shape index (κ3) is 4.53. The fourth-order valence-electron chi connectivity index (χ4n) is 2.97. The first-order valence-electron chi connectivity index (χ1n) is 9.23. The number of nitrogens with one attached hydrogen (secondary N) is 2.